The molecule has 1 fully saturated rings. The van der Waals surface area contributed by atoms with Gasteiger partial charge in [-0.1, -0.05) is 26.0 Å². The van der Waals surface area contributed by atoms with E-state index in [0.29, 0.717) is 0 Å². The molecule has 0 aliphatic carbocycles. The number of carbonyl (C=O) groups is 2. The third-order valence-electron chi connectivity index (χ3n) is 6.39. The highest BCUT2D eigenvalue weighted by molar-refractivity contribution is 5.97. The van der Waals surface area contributed by atoms with Gasteiger partial charge in [0.2, 0.25) is 0 Å². The Morgan fingerprint density at radius 2 is 1.71 bits per heavy atom. The molecular weight excluding hydrogens is 447 g/mol. The summed E-state index contributed by atoms with van der Waals surface area (Å²) in [4.78, 5) is 27.6. The molecule has 2 aromatic carbocycles. The highest BCUT2D eigenvalue weighted by Crippen LogP contribution is 2.46. The minimum absolute atomic E-state index is 0.0395. The zero-order valence-corrected chi connectivity index (χ0v) is 19.1. The van der Waals surface area contributed by atoms with Gasteiger partial charge in [0.1, 0.15) is 5.82 Å². The van der Waals surface area contributed by atoms with Crippen molar-refractivity contribution in [2.75, 3.05) is 13.2 Å². The quantitative estimate of drug-likeness (QED) is 0.660. The monoisotopic (exact) mass is 473 g/mol. The summed E-state index contributed by atoms with van der Waals surface area (Å²) in [5, 5.41) is 0. The van der Waals surface area contributed by atoms with Gasteiger partial charge in [-0.3, -0.25) is 4.79 Å². The first-order chi connectivity index (χ1) is 16.1. The minimum Gasteiger partial charge on any atom is -0.463 e. The highest BCUT2D eigenvalue weighted by Gasteiger charge is 2.51. The lowest BCUT2D eigenvalue weighted by Gasteiger charge is -2.38. The van der Waals surface area contributed by atoms with E-state index >= 15 is 0 Å². The van der Waals surface area contributed by atoms with E-state index in [-0.39, 0.29) is 42.1 Å². The molecular formula is C25H26F3N3O3. The zero-order valence-electron chi connectivity index (χ0n) is 19.1. The number of amides is 1. The molecule has 2 aliphatic rings. The Kier molecular flexibility index (Phi) is 6.51. The van der Waals surface area contributed by atoms with E-state index < -0.39 is 35.0 Å². The molecule has 1 amide bonds. The van der Waals surface area contributed by atoms with Crippen LogP contribution in [0.25, 0.3) is 0 Å². The van der Waals surface area contributed by atoms with Gasteiger partial charge >= 0.3 is 5.97 Å². The highest BCUT2D eigenvalue weighted by atomic mass is 19.2. The molecule has 0 saturated carbocycles. The molecule has 0 spiro atoms. The van der Waals surface area contributed by atoms with Crippen LogP contribution in [-0.4, -0.2) is 36.0 Å². The van der Waals surface area contributed by atoms with Crippen LogP contribution in [0, 0.1) is 28.8 Å². The number of hydrogen-bond acceptors (Lipinski definition) is 5. The van der Waals surface area contributed by atoms with Crippen LogP contribution >= 0.6 is 0 Å². The van der Waals surface area contributed by atoms with Crippen molar-refractivity contribution in [2.24, 2.45) is 11.3 Å². The zero-order chi connectivity index (χ0) is 24.6. The van der Waals surface area contributed by atoms with Gasteiger partial charge in [0.15, 0.2) is 11.6 Å². The van der Waals surface area contributed by atoms with E-state index in [1.165, 1.54) is 29.3 Å². The average molecular weight is 473 g/mol. The Bertz CT molecular complexity index is 1130. The van der Waals surface area contributed by atoms with Crippen LogP contribution in [0.5, 0.6) is 0 Å². The SMILES string of the molecule is CCOC(=O)C1=CN(C(=O)c2ccc(F)c(F)c2)CC(C)(C)C2C1NNC2c1ccc(F)cc1. The van der Waals surface area contributed by atoms with Crippen molar-refractivity contribution in [1.82, 2.24) is 15.8 Å². The standard InChI is InChI=1S/C25H26F3N3O3/c1-4-34-24(33)17-12-31(23(32)15-7-10-18(27)19(28)11-15)13-25(2,3)20-21(29-30-22(17)20)14-5-8-16(26)9-6-14/h5-12,20-22,29-30H,4,13H2,1-3H3. The Labute approximate surface area is 195 Å². The number of nitrogens with zero attached hydrogens (tertiary/aromatic N) is 1. The summed E-state index contributed by atoms with van der Waals surface area (Å²) >= 11 is 0. The number of halogens is 3. The van der Waals surface area contributed by atoms with Gasteiger partial charge in [0.25, 0.3) is 5.91 Å². The van der Waals surface area contributed by atoms with Crippen molar-refractivity contribution in [2.45, 2.75) is 32.9 Å². The summed E-state index contributed by atoms with van der Waals surface area (Å²) in [6.07, 6.45) is 1.43. The van der Waals surface area contributed by atoms with E-state index in [0.717, 1.165) is 17.7 Å². The third kappa shape index (κ3) is 4.45. The van der Waals surface area contributed by atoms with Gasteiger partial charge in [-0.05, 0) is 48.2 Å². The Hall–Kier alpha value is -3.17. The van der Waals surface area contributed by atoms with E-state index in [4.69, 9.17) is 4.74 Å². The second-order valence-corrected chi connectivity index (χ2v) is 9.18. The van der Waals surface area contributed by atoms with Crippen molar-refractivity contribution in [1.29, 1.82) is 0 Å². The molecule has 180 valence electrons. The molecule has 2 aromatic rings. The number of benzene rings is 2. The van der Waals surface area contributed by atoms with Gasteiger partial charge in [0, 0.05) is 24.2 Å². The summed E-state index contributed by atoms with van der Waals surface area (Å²) in [7, 11) is 0. The Morgan fingerprint density at radius 3 is 2.35 bits per heavy atom. The number of fused-ring (bicyclic) bond motifs is 1. The van der Waals surface area contributed by atoms with E-state index in [1.807, 2.05) is 13.8 Å². The fourth-order valence-corrected chi connectivity index (χ4v) is 4.84. The number of ether oxygens (including phenoxy) is 1. The molecule has 0 radical (unpaired) electrons. The van der Waals surface area contributed by atoms with Crippen LogP contribution in [0.1, 0.15) is 42.7 Å². The number of nitrogens with one attached hydrogen (secondary N) is 2. The van der Waals surface area contributed by atoms with Crippen LogP contribution < -0.4 is 10.9 Å². The molecule has 9 heteroatoms. The van der Waals surface area contributed by atoms with E-state index in [2.05, 4.69) is 10.9 Å². The lowest BCUT2D eigenvalue weighted by atomic mass is 9.69. The molecule has 34 heavy (non-hydrogen) atoms. The molecule has 0 aromatic heterocycles. The molecule has 1 saturated heterocycles. The molecule has 2 N–H and O–H groups in total. The fourth-order valence-electron chi connectivity index (χ4n) is 4.84. The third-order valence-corrected chi connectivity index (χ3v) is 6.39. The maximum Gasteiger partial charge on any atom is 0.337 e. The smallest absolute Gasteiger partial charge is 0.337 e. The molecule has 2 aliphatic heterocycles. The lowest BCUT2D eigenvalue weighted by Crippen LogP contribution is -2.43. The second-order valence-electron chi connectivity index (χ2n) is 9.18. The number of carbonyl (C=O) groups excluding carboxylic acids is 2. The summed E-state index contributed by atoms with van der Waals surface area (Å²) in [5.41, 5.74) is 6.82. The maximum atomic E-state index is 13.8. The summed E-state index contributed by atoms with van der Waals surface area (Å²) in [6, 6.07) is 8.22. The van der Waals surface area contributed by atoms with Gasteiger partial charge in [0.05, 0.1) is 24.3 Å². The van der Waals surface area contributed by atoms with Crippen LogP contribution in [0.4, 0.5) is 13.2 Å². The topological polar surface area (TPSA) is 70.7 Å². The second kappa shape index (κ2) is 9.23. The normalized spacial score (nSPS) is 23.6. The average Bonchev–Trinajstić information content (AvgIpc) is 3.19. The number of esters is 1. The largest absolute Gasteiger partial charge is 0.463 e. The van der Waals surface area contributed by atoms with Crippen molar-refractivity contribution < 1.29 is 27.5 Å². The maximum absolute atomic E-state index is 13.8. The van der Waals surface area contributed by atoms with Crippen molar-refractivity contribution in [3.05, 3.63) is 82.8 Å². The predicted molar refractivity (Wildman–Crippen MR) is 119 cm³/mol. The first kappa shape index (κ1) is 24.0. The number of hydrogen-bond donors (Lipinski definition) is 2. The van der Waals surface area contributed by atoms with Crippen LogP contribution in [0.3, 0.4) is 0 Å². The summed E-state index contributed by atoms with van der Waals surface area (Å²) in [6.45, 7) is 5.94. The van der Waals surface area contributed by atoms with Crippen LogP contribution in [0.15, 0.2) is 54.2 Å². The molecule has 3 atom stereocenters. The number of hydrazine groups is 1. The molecule has 6 nitrogen and oxygen atoms in total. The number of rotatable bonds is 4. The van der Waals surface area contributed by atoms with Crippen molar-refractivity contribution in [3.8, 4) is 0 Å². The molecule has 3 unspecified atom stereocenters. The van der Waals surface area contributed by atoms with Crippen LogP contribution in [0.2, 0.25) is 0 Å². The van der Waals surface area contributed by atoms with Crippen molar-refractivity contribution >= 4 is 11.9 Å². The van der Waals surface area contributed by atoms with Gasteiger partial charge < -0.3 is 9.64 Å². The Balaban J connectivity index is 1.76. The minimum atomic E-state index is -1.13. The van der Waals surface area contributed by atoms with E-state index in [1.54, 1.807) is 19.1 Å². The Morgan fingerprint density at radius 1 is 1.03 bits per heavy atom. The molecule has 2 heterocycles. The fraction of sp³-hybridized carbons (Fsp3) is 0.360. The van der Waals surface area contributed by atoms with E-state index in [9.17, 15) is 22.8 Å². The first-order valence-electron chi connectivity index (χ1n) is 11.0. The molecule has 0 bridgehead atoms. The van der Waals surface area contributed by atoms with Crippen molar-refractivity contribution in [3.63, 3.8) is 0 Å². The van der Waals surface area contributed by atoms with Crippen LogP contribution in [-0.2, 0) is 9.53 Å². The predicted octanol–water partition coefficient (Wildman–Crippen LogP) is 3.87. The van der Waals surface area contributed by atoms with Gasteiger partial charge in [-0.2, -0.15) is 0 Å². The van der Waals surface area contributed by atoms with Gasteiger partial charge in [-0.25, -0.2) is 28.8 Å². The lowest BCUT2D eigenvalue weighted by molar-refractivity contribution is -0.139. The molecule has 4 rings (SSSR count). The summed E-state index contributed by atoms with van der Waals surface area (Å²) < 4.78 is 46.0. The first-order valence-corrected chi connectivity index (χ1v) is 11.0. The summed E-state index contributed by atoms with van der Waals surface area (Å²) in [5.74, 6) is -3.94. The van der Waals surface area contributed by atoms with Gasteiger partial charge in [-0.15, -0.1) is 0 Å².